The van der Waals surface area contributed by atoms with Crippen LogP contribution in [-0.2, 0) is 19.3 Å². The summed E-state index contributed by atoms with van der Waals surface area (Å²) in [5, 5.41) is 18.8. The van der Waals surface area contributed by atoms with E-state index in [0.29, 0.717) is 6.42 Å². The van der Waals surface area contributed by atoms with Gasteiger partial charge in [-0.05, 0) is 18.6 Å². The van der Waals surface area contributed by atoms with Crippen LogP contribution in [0.2, 0.25) is 0 Å². The summed E-state index contributed by atoms with van der Waals surface area (Å²) < 4.78 is 37.0. The molecule has 1 fully saturated rings. The van der Waals surface area contributed by atoms with E-state index >= 15 is 0 Å². The zero-order valence-electron chi connectivity index (χ0n) is 14.3. The molecule has 25 heavy (non-hydrogen) atoms. The van der Waals surface area contributed by atoms with Gasteiger partial charge in [-0.1, -0.05) is 24.3 Å². The van der Waals surface area contributed by atoms with E-state index in [-0.39, 0.29) is 35.7 Å². The highest BCUT2D eigenvalue weighted by Gasteiger charge is 2.46. The minimum absolute atomic E-state index is 0.111. The molecule has 7 heteroatoms. The lowest BCUT2D eigenvalue weighted by atomic mass is 9.94. The minimum atomic E-state index is -3.50. The second-order valence-corrected chi connectivity index (χ2v) is 8.30. The van der Waals surface area contributed by atoms with Gasteiger partial charge in [0.25, 0.3) is 0 Å². The SMILES string of the molecule is C=CCC1O[C@H](C[C@H](O)CO)[C@H](OC)[C@H]1CS(=O)(=O)c1ccccc1. The summed E-state index contributed by atoms with van der Waals surface area (Å²) in [6.45, 7) is 3.33. The molecule has 2 rings (SSSR count). The summed E-state index contributed by atoms with van der Waals surface area (Å²) in [6, 6.07) is 8.29. The Hall–Kier alpha value is -1.25. The Morgan fingerprint density at radius 3 is 2.56 bits per heavy atom. The molecule has 0 spiro atoms. The number of aliphatic hydroxyl groups excluding tert-OH is 2. The second kappa shape index (κ2) is 8.91. The fraction of sp³-hybridized carbons (Fsp3) is 0.556. The van der Waals surface area contributed by atoms with Gasteiger partial charge >= 0.3 is 0 Å². The van der Waals surface area contributed by atoms with Crippen molar-refractivity contribution in [1.29, 1.82) is 0 Å². The Morgan fingerprint density at radius 2 is 2.00 bits per heavy atom. The van der Waals surface area contributed by atoms with Crippen LogP contribution in [0.15, 0.2) is 47.9 Å². The third-order valence-corrected chi connectivity index (χ3v) is 6.33. The van der Waals surface area contributed by atoms with Crippen molar-refractivity contribution in [2.24, 2.45) is 5.92 Å². The van der Waals surface area contributed by atoms with Crippen molar-refractivity contribution >= 4 is 9.84 Å². The summed E-state index contributed by atoms with van der Waals surface area (Å²) in [4.78, 5) is 0.265. The number of ether oxygens (including phenoxy) is 2. The van der Waals surface area contributed by atoms with Crippen molar-refractivity contribution in [3.05, 3.63) is 43.0 Å². The van der Waals surface area contributed by atoms with Crippen LogP contribution in [0.5, 0.6) is 0 Å². The van der Waals surface area contributed by atoms with Crippen molar-refractivity contribution < 1.29 is 28.1 Å². The van der Waals surface area contributed by atoms with E-state index in [1.54, 1.807) is 36.4 Å². The number of methoxy groups -OCH3 is 1. The molecule has 1 unspecified atom stereocenters. The van der Waals surface area contributed by atoms with Crippen LogP contribution in [0, 0.1) is 5.92 Å². The molecule has 5 atom stereocenters. The van der Waals surface area contributed by atoms with Crippen molar-refractivity contribution in [2.75, 3.05) is 19.5 Å². The van der Waals surface area contributed by atoms with Gasteiger partial charge in [0.05, 0.1) is 41.7 Å². The maximum absolute atomic E-state index is 12.8. The first-order valence-electron chi connectivity index (χ1n) is 8.28. The maximum Gasteiger partial charge on any atom is 0.178 e. The number of aliphatic hydroxyl groups is 2. The van der Waals surface area contributed by atoms with Crippen molar-refractivity contribution in [1.82, 2.24) is 0 Å². The number of benzene rings is 1. The molecule has 0 amide bonds. The number of rotatable bonds is 9. The lowest BCUT2D eigenvalue weighted by molar-refractivity contribution is -0.0394. The third-order valence-electron chi connectivity index (χ3n) is 4.52. The summed E-state index contributed by atoms with van der Waals surface area (Å²) in [7, 11) is -2.00. The van der Waals surface area contributed by atoms with Crippen LogP contribution in [0.3, 0.4) is 0 Å². The average Bonchev–Trinajstić information content (AvgIpc) is 2.91. The van der Waals surface area contributed by atoms with Gasteiger partial charge in [0.1, 0.15) is 0 Å². The largest absolute Gasteiger partial charge is 0.394 e. The van der Waals surface area contributed by atoms with E-state index in [4.69, 9.17) is 14.6 Å². The molecule has 1 aromatic rings. The predicted molar refractivity (Wildman–Crippen MR) is 94.0 cm³/mol. The average molecular weight is 370 g/mol. The summed E-state index contributed by atoms with van der Waals surface area (Å²) in [5.41, 5.74) is 0. The Labute approximate surface area is 149 Å². The second-order valence-electron chi connectivity index (χ2n) is 6.27. The highest BCUT2D eigenvalue weighted by Crippen LogP contribution is 2.35. The van der Waals surface area contributed by atoms with E-state index in [1.807, 2.05) is 0 Å². The molecule has 0 radical (unpaired) electrons. The molecule has 1 aromatic carbocycles. The molecule has 1 aliphatic heterocycles. The lowest BCUT2D eigenvalue weighted by Gasteiger charge is -2.23. The Balaban J connectivity index is 2.23. The van der Waals surface area contributed by atoms with Gasteiger partial charge in [0, 0.05) is 19.4 Å². The number of sulfone groups is 1. The Kier molecular flexibility index (Phi) is 7.15. The Morgan fingerprint density at radius 1 is 1.32 bits per heavy atom. The lowest BCUT2D eigenvalue weighted by Crippen LogP contribution is -2.36. The van der Waals surface area contributed by atoms with Gasteiger partial charge in [0.15, 0.2) is 9.84 Å². The molecule has 0 aromatic heterocycles. The molecule has 6 nitrogen and oxygen atoms in total. The fourth-order valence-electron chi connectivity index (χ4n) is 3.32. The fourth-order valence-corrected chi connectivity index (χ4v) is 5.00. The van der Waals surface area contributed by atoms with Crippen molar-refractivity contribution in [3.8, 4) is 0 Å². The van der Waals surface area contributed by atoms with Gasteiger partial charge in [-0.15, -0.1) is 6.58 Å². The van der Waals surface area contributed by atoms with Crippen LogP contribution in [0.1, 0.15) is 12.8 Å². The topological polar surface area (TPSA) is 93.1 Å². The van der Waals surface area contributed by atoms with E-state index in [1.165, 1.54) is 7.11 Å². The first kappa shape index (κ1) is 20.1. The maximum atomic E-state index is 12.8. The summed E-state index contributed by atoms with van der Waals surface area (Å²) in [6.07, 6.45) is 0.0983. The molecule has 140 valence electrons. The molecule has 1 saturated heterocycles. The van der Waals surface area contributed by atoms with Crippen molar-refractivity contribution in [2.45, 2.75) is 42.2 Å². The van der Waals surface area contributed by atoms with Crippen LogP contribution >= 0.6 is 0 Å². The molecule has 0 aliphatic carbocycles. The van der Waals surface area contributed by atoms with Crippen LogP contribution in [0.4, 0.5) is 0 Å². The molecule has 0 saturated carbocycles. The number of hydrogen-bond donors (Lipinski definition) is 2. The molecule has 2 N–H and O–H groups in total. The number of hydrogen-bond acceptors (Lipinski definition) is 6. The first-order valence-corrected chi connectivity index (χ1v) is 9.94. The third kappa shape index (κ3) is 4.89. The van der Waals surface area contributed by atoms with E-state index < -0.39 is 28.1 Å². The molecule has 0 bridgehead atoms. The zero-order valence-corrected chi connectivity index (χ0v) is 15.1. The monoisotopic (exact) mass is 370 g/mol. The van der Waals surface area contributed by atoms with E-state index in [2.05, 4.69) is 6.58 Å². The first-order chi connectivity index (χ1) is 11.9. The standard InChI is InChI=1S/C18H26O6S/c1-3-7-16-15(12-25(21,22)14-8-5-4-6-9-14)18(23-2)17(24-16)10-13(20)11-19/h3-6,8-9,13,15-20H,1,7,10-12H2,2H3/t13-,15-,16?,17+,18+/m0/s1. The van der Waals surface area contributed by atoms with Crippen LogP contribution < -0.4 is 0 Å². The van der Waals surface area contributed by atoms with Gasteiger partial charge in [-0.2, -0.15) is 0 Å². The van der Waals surface area contributed by atoms with Gasteiger partial charge in [-0.3, -0.25) is 0 Å². The molecule has 1 heterocycles. The van der Waals surface area contributed by atoms with Crippen molar-refractivity contribution in [3.63, 3.8) is 0 Å². The Bertz CT molecular complexity index is 645. The predicted octanol–water partition coefficient (Wildman–Crippen LogP) is 1.18. The normalized spacial score (nSPS) is 28.0. The van der Waals surface area contributed by atoms with Gasteiger partial charge in [0.2, 0.25) is 0 Å². The van der Waals surface area contributed by atoms with Gasteiger partial charge in [-0.25, -0.2) is 8.42 Å². The highest BCUT2D eigenvalue weighted by atomic mass is 32.2. The molecular weight excluding hydrogens is 344 g/mol. The van der Waals surface area contributed by atoms with Crippen LogP contribution in [0.25, 0.3) is 0 Å². The summed E-state index contributed by atoms with van der Waals surface area (Å²) in [5.74, 6) is -0.496. The smallest absolute Gasteiger partial charge is 0.178 e. The molecule has 1 aliphatic rings. The van der Waals surface area contributed by atoms with Crippen LogP contribution in [-0.4, -0.2) is 62.5 Å². The van der Waals surface area contributed by atoms with E-state index in [0.717, 1.165) is 0 Å². The van der Waals surface area contributed by atoms with E-state index in [9.17, 15) is 13.5 Å². The molecular formula is C18H26O6S. The minimum Gasteiger partial charge on any atom is -0.394 e. The zero-order chi connectivity index (χ0) is 18.4. The highest BCUT2D eigenvalue weighted by molar-refractivity contribution is 7.91. The summed E-state index contributed by atoms with van der Waals surface area (Å²) >= 11 is 0. The quantitative estimate of drug-likeness (QED) is 0.634. The van der Waals surface area contributed by atoms with Gasteiger partial charge < -0.3 is 19.7 Å².